The minimum atomic E-state index is -1.16. The Bertz CT molecular complexity index is 1320. The highest BCUT2D eigenvalue weighted by molar-refractivity contribution is 8.00. The number of amides is 2. The molecule has 0 radical (unpaired) electrons. The molecule has 0 aromatic carbocycles. The number of nitrogen functional groups attached to an aromatic ring is 1. The van der Waals surface area contributed by atoms with Crippen LogP contribution in [-0.2, 0) is 32.2 Å². The van der Waals surface area contributed by atoms with E-state index in [1.165, 1.54) is 28.6 Å². The van der Waals surface area contributed by atoms with Crippen LogP contribution in [0.5, 0.6) is 0 Å². The van der Waals surface area contributed by atoms with Crippen molar-refractivity contribution in [1.82, 2.24) is 20.2 Å². The van der Waals surface area contributed by atoms with E-state index in [2.05, 4.69) is 20.4 Å². The number of likely N-dealkylation sites (N-methyl/N-ethyl adjacent to an activating group) is 1. The van der Waals surface area contributed by atoms with Crippen LogP contribution in [0.25, 0.3) is 0 Å². The number of carboxylic acid groups (broad SMARTS) is 1. The monoisotopic (exact) mass is 550 g/mol. The van der Waals surface area contributed by atoms with Crippen molar-refractivity contribution in [3.63, 3.8) is 0 Å². The van der Waals surface area contributed by atoms with Crippen LogP contribution in [0.3, 0.4) is 0 Å². The fourth-order valence-electron chi connectivity index (χ4n) is 4.96. The summed E-state index contributed by atoms with van der Waals surface area (Å²) in [6.07, 6.45) is 0.795. The number of fused-ring (bicyclic) bond motifs is 2. The Morgan fingerprint density at radius 1 is 1.39 bits per heavy atom. The first-order valence-electron chi connectivity index (χ1n) is 11.0. The van der Waals surface area contributed by atoms with Crippen LogP contribution < -0.4 is 11.1 Å². The van der Waals surface area contributed by atoms with Gasteiger partial charge in [0.2, 0.25) is 0 Å². The van der Waals surface area contributed by atoms with Gasteiger partial charge in [0.05, 0.1) is 24.4 Å². The number of nitrogens with two attached hydrogens (primary N) is 1. The topological polar surface area (TPSA) is 160 Å². The van der Waals surface area contributed by atoms with E-state index in [-0.39, 0.29) is 27.5 Å². The summed E-state index contributed by atoms with van der Waals surface area (Å²) in [4.78, 5) is 54.6. The highest BCUT2D eigenvalue weighted by Gasteiger charge is 2.59. The third-order valence-corrected chi connectivity index (χ3v) is 9.55. The third-order valence-electron chi connectivity index (χ3n) is 6.54. The van der Waals surface area contributed by atoms with Crippen LogP contribution >= 0.6 is 34.4 Å². The Labute approximate surface area is 218 Å². The van der Waals surface area contributed by atoms with Gasteiger partial charge in [0.15, 0.2) is 22.2 Å². The Kier molecular flexibility index (Phi) is 6.26. The van der Waals surface area contributed by atoms with Crippen molar-refractivity contribution in [3.8, 4) is 0 Å². The second-order valence-corrected chi connectivity index (χ2v) is 12.1. The van der Waals surface area contributed by atoms with Gasteiger partial charge in [0.25, 0.3) is 11.8 Å². The molecule has 36 heavy (non-hydrogen) atoms. The molecule has 3 unspecified atom stereocenters. The maximum absolute atomic E-state index is 13.2. The largest absolute Gasteiger partial charge is 0.476 e. The summed E-state index contributed by atoms with van der Waals surface area (Å²) in [5.74, 6) is -2.32. The summed E-state index contributed by atoms with van der Waals surface area (Å²) in [6.45, 7) is 3.22. The van der Waals surface area contributed by atoms with E-state index in [0.717, 1.165) is 23.5 Å². The van der Waals surface area contributed by atoms with Crippen LogP contribution in [-0.4, -0.2) is 85.3 Å². The number of carbonyl (C=O) groups excluding carboxylic acids is 2. The van der Waals surface area contributed by atoms with E-state index in [4.69, 9.17) is 10.6 Å². The van der Waals surface area contributed by atoms with Gasteiger partial charge in [-0.3, -0.25) is 19.0 Å². The molecule has 2 aromatic rings. The number of quaternary nitrogens is 1. The molecule has 2 aromatic heterocycles. The highest BCUT2D eigenvalue weighted by Crippen LogP contribution is 2.47. The molecule has 0 aliphatic carbocycles. The molecule has 1 saturated heterocycles. The second kappa shape index (κ2) is 9.14. The highest BCUT2D eigenvalue weighted by atomic mass is 32.2. The Morgan fingerprint density at radius 2 is 2.17 bits per heavy atom. The number of carbonyl (C=O) groups is 3. The smallest absolute Gasteiger partial charge is 0.358 e. The summed E-state index contributed by atoms with van der Waals surface area (Å²) in [5.41, 5.74) is 9.23. The van der Waals surface area contributed by atoms with Gasteiger partial charge in [-0.05, 0) is 6.92 Å². The zero-order chi connectivity index (χ0) is 25.8. The maximum atomic E-state index is 13.2. The Morgan fingerprint density at radius 3 is 2.83 bits per heavy atom. The number of rotatable bonds is 6. The van der Waals surface area contributed by atoms with Gasteiger partial charge in [-0.1, -0.05) is 5.16 Å². The summed E-state index contributed by atoms with van der Waals surface area (Å²) in [6, 6.07) is -0.921. The first-order valence-corrected chi connectivity index (χ1v) is 13.7. The molecule has 0 bridgehead atoms. The predicted molar refractivity (Wildman–Crippen MR) is 135 cm³/mol. The van der Waals surface area contributed by atoms with Gasteiger partial charge < -0.3 is 21.0 Å². The zero-order valence-corrected chi connectivity index (χ0v) is 22.1. The van der Waals surface area contributed by atoms with E-state index in [9.17, 15) is 19.5 Å². The lowest BCUT2D eigenvalue weighted by atomic mass is 10.00. The van der Waals surface area contributed by atoms with Crippen LogP contribution in [0, 0.1) is 0 Å². The van der Waals surface area contributed by atoms with Gasteiger partial charge in [0, 0.05) is 16.7 Å². The number of hydrogen-bond acceptors (Lipinski definition) is 11. The molecule has 3 aliphatic rings. The molecule has 0 saturated carbocycles. The minimum absolute atomic E-state index is 0.0130. The van der Waals surface area contributed by atoms with E-state index in [1.807, 2.05) is 19.5 Å². The lowest BCUT2D eigenvalue weighted by Crippen LogP contribution is -2.72. The summed E-state index contributed by atoms with van der Waals surface area (Å²) in [7, 11) is 3.29. The second-order valence-electron chi connectivity index (χ2n) is 8.81. The third kappa shape index (κ3) is 3.95. The van der Waals surface area contributed by atoms with Crippen LogP contribution in [0.2, 0.25) is 0 Å². The molecular formula is C21H24N7O5S3+. The number of nitrogens with zero attached hydrogens (tertiary/aromatic N) is 5. The van der Waals surface area contributed by atoms with Gasteiger partial charge in [0.1, 0.15) is 36.5 Å². The average Bonchev–Trinajstić information content (AvgIpc) is 3.47. The fourth-order valence-corrected chi connectivity index (χ4v) is 7.87. The van der Waals surface area contributed by atoms with E-state index in [1.54, 1.807) is 16.7 Å². The molecular weight excluding hydrogens is 526 g/mol. The molecule has 2 amide bonds. The molecule has 4 N–H and O–H groups in total. The van der Waals surface area contributed by atoms with Crippen molar-refractivity contribution >= 4 is 63.1 Å². The lowest BCUT2D eigenvalue weighted by molar-refractivity contribution is -0.889. The minimum Gasteiger partial charge on any atom is -0.476 e. The Balaban J connectivity index is 1.43. The molecule has 1 fully saturated rings. The normalized spacial score (nSPS) is 27.8. The predicted octanol–water partition coefficient (Wildman–Crippen LogP) is 0.820. The lowest BCUT2D eigenvalue weighted by Gasteiger charge is -2.53. The molecule has 12 nitrogen and oxygen atoms in total. The zero-order valence-electron chi connectivity index (χ0n) is 19.6. The van der Waals surface area contributed by atoms with Gasteiger partial charge in [-0.25, -0.2) is 14.8 Å². The molecule has 4 atom stereocenters. The van der Waals surface area contributed by atoms with Crippen molar-refractivity contribution in [1.29, 1.82) is 0 Å². The molecule has 5 rings (SSSR count). The number of oxime groups is 1. The number of anilines is 1. The van der Waals surface area contributed by atoms with Gasteiger partial charge in [-0.15, -0.1) is 34.4 Å². The molecule has 190 valence electrons. The van der Waals surface area contributed by atoms with Crippen molar-refractivity contribution < 1.29 is 28.8 Å². The fraction of sp³-hybridized carbons (Fsp3) is 0.429. The maximum Gasteiger partial charge on any atom is 0.358 e. The van der Waals surface area contributed by atoms with E-state index >= 15 is 0 Å². The van der Waals surface area contributed by atoms with Crippen molar-refractivity contribution in [3.05, 3.63) is 38.5 Å². The average molecular weight is 551 g/mol. The standard InChI is InChI=1S/C21H23N7O5S3/c1-9-16(28(2)5-4-12-10(6-28)23-8-35-12)15(20(31)32)27-18(30)14(19(27)36-9)25-17(29)13(26-33-3)11-7-34-21(22)24-11/h7-9,14,19H,4-6H2,1-3H3,(H3-,22,24,25,29,31,32)/p+1/b26-13-/t9?,14?,19-,28?/m1/s1. The van der Waals surface area contributed by atoms with Gasteiger partial charge in [-0.2, -0.15) is 0 Å². The first kappa shape index (κ1) is 24.7. The summed E-state index contributed by atoms with van der Waals surface area (Å²) < 4.78 is 0.371. The first-order chi connectivity index (χ1) is 17.1. The quantitative estimate of drug-likeness (QED) is 0.205. The number of nitrogens with one attached hydrogen (secondary N) is 1. The number of thiazole rings is 2. The SMILES string of the molecule is CO/N=C(\C(=O)NC1C(=O)N2C(C(=O)O)=C([N+]3(C)CCc4scnc4C3)C(C)S[C@H]12)c1csc(N)n1. The van der Waals surface area contributed by atoms with Crippen LogP contribution in [0.4, 0.5) is 5.13 Å². The number of aromatic nitrogens is 2. The number of β-lactam (4-membered cyclic amide) rings is 1. The molecule has 0 spiro atoms. The van der Waals surface area contributed by atoms with Crippen molar-refractivity contribution in [2.75, 3.05) is 26.4 Å². The number of hydrogen-bond donors (Lipinski definition) is 3. The molecule has 3 aliphatic heterocycles. The van der Waals surface area contributed by atoms with Crippen LogP contribution in [0.1, 0.15) is 23.2 Å². The van der Waals surface area contributed by atoms with Crippen LogP contribution in [0.15, 0.2) is 27.4 Å². The Hall–Kier alpha value is -3.01. The molecule has 5 heterocycles. The summed E-state index contributed by atoms with van der Waals surface area (Å²) >= 11 is 4.20. The van der Waals surface area contributed by atoms with Gasteiger partial charge >= 0.3 is 5.97 Å². The number of thioether (sulfide) groups is 1. The van der Waals surface area contributed by atoms with E-state index in [0.29, 0.717) is 23.3 Å². The number of aliphatic carboxylic acids is 1. The number of carboxylic acids is 1. The van der Waals surface area contributed by atoms with E-state index < -0.39 is 29.2 Å². The summed E-state index contributed by atoms with van der Waals surface area (Å²) in [5, 5.41) is 17.7. The van der Waals surface area contributed by atoms with Crippen molar-refractivity contribution in [2.45, 2.75) is 36.6 Å². The van der Waals surface area contributed by atoms with Crippen molar-refractivity contribution in [2.24, 2.45) is 5.16 Å². The molecule has 15 heteroatoms.